The molecule has 0 saturated carbocycles. The third kappa shape index (κ3) is 3.76. The van der Waals surface area contributed by atoms with Gasteiger partial charge >= 0.3 is 5.65 Å². The van der Waals surface area contributed by atoms with E-state index in [0.717, 1.165) is 11.2 Å². The van der Waals surface area contributed by atoms with E-state index in [2.05, 4.69) is 9.97 Å². The zero-order valence-electron chi connectivity index (χ0n) is 9.03. The minimum atomic E-state index is -4.94. The number of aryl methyl sites for hydroxylation is 2. The zero-order valence-corrected chi connectivity index (χ0v) is 9.79. The summed E-state index contributed by atoms with van der Waals surface area (Å²) < 4.78 is 37.8. The van der Waals surface area contributed by atoms with Gasteiger partial charge in [0, 0.05) is 0 Å². The number of imidazole rings is 1. The number of rotatable bonds is 0. The first-order chi connectivity index (χ1) is 7.70. The zero-order chi connectivity index (χ0) is 13.2. The molecule has 94 valence electrons. The van der Waals surface area contributed by atoms with Crippen LogP contribution in [-0.2, 0) is 14.1 Å². The van der Waals surface area contributed by atoms with Crippen LogP contribution in [0.3, 0.4) is 0 Å². The fourth-order valence-corrected chi connectivity index (χ4v) is 1.35. The number of nitrogens with zero attached hydrogens (tertiary/aromatic N) is 4. The molecular formula is C7H10ClN5O4. The lowest BCUT2D eigenvalue weighted by molar-refractivity contribution is -2.00. The van der Waals surface area contributed by atoms with E-state index in [9.17, 15) is 0 Å². The molecule has 2 N–H and O–H groups in total. The molecule has 2 aromatic heterocycles. The second kappa shape index (κ2) is 4.77. The maximum absolute atomic E-state index is 8.49. The number of hydrogen-bond donors (Lipinski definition) is 1. The van der Waals surface area contributed by atoms with Crippen molar-refractivity contribution in [3.05, 3.63) is 12.7 Å². The summed E-state index contributed by atoms with van der Waals surface area (Å²) in [6.07, 6.45) is 3.38. The average Bonchev–Trinajstić information content (AvgIpc) is 2.41. The molecule has 0 bridgehead atoms. The molecule has 10 heteroatoms. The van der Waals surface area contributed by atoms with Crippen molar-refractivity contribution in [2.24, 2.45) is 14.1 Å². The molecule has 17 heavy (non-hydrogen) atoms. The monoisotopic (exact) mass is 263 g/mol. The van der Waals surface area contributed by atoms with Crippen LogP contribution in [0.2, 0.25) is 0 Å². The van der Waals surface area contributed by atoms with Crippen molar-refractivity contribution in [2.75, 3.05) is 5.73 Å². The standard InChI is InChI=1S/C7H10N5.ClHO4/c1-11-4-12(2)7-5(11)6(8)9-3-10-7;2-1(3,4)5/h3-4H,1-2H3,(H2,8,9,10);(H,2,3,4,5)/q+1;/p-1. The normalized spacial score (nSPS) is 11.2. The highest BCUT2D eigenvalue weighted by atomic mass is 35.7. The summed E-state index contributed by atoms with van der Waals surface area (Å²) in [5.74, 6) is 0.517. The van der Waals surface area contributed by atoms with Gasteiger partial charge < -0.3 is 5.73 Å². The largest absolute Gasteiger partial charge is 0.380 e. The van der Waals surface area contributed by atoms with Crippen LogP contribution in [0.25, 0.3) is 11.2 Å². The smallest absolute Gasteiger partial charge is 0.307 e. The molecule has 0 saturated heterocycles. The molecule has 0 atom stereocenters. The van der Waals surface area contributed by atoms with Crippen LogP contribution >= 0.6 is 0 Å². The van der Waals surface area contributed by atoms with Crippen molar-refractivity contribution < 1.29 is 33.4 Å². The summed E-state index contributed by atoms with van der Waals surface area (Å²) in [5, 5.41) is 0. The predicted octanol–water partition coefficient (Wildman–Crippen LogP) is -5.38. The number of halogens is 1. The molecule has 9 nitrogen and oxygen atoms in total. The Morgan fingerprint density at radius 1 is 1.29 bits per heavy atom. The minimum Gasteiger partial charge on any atom is -0.380 e. The predicted molar refractivity (Wildman–Crippen MR) is 44.1 cm³/mol. The first-order valence-electron chi connectivity index (χ1n) is 4.23. The Bertz CT molecular complexity index is 517. The Morgan fingerprint density at radius 3 is 2.29 bits per heavy atom. The van der Waals surface area contributed by atoms with Crippen LogP contribution < -0.4 is 28.9 Å². The molecule has 0 aliphatic carbocycles. The van der Waals surface area contributed by atoms with Crippen molar-refractivity contribution in [1.82, 2.24) is 14.5 Å². The minimum absolute atomic E-state index is 0.517. The molecule has 0 unspecified atom stereocenters. The summed E-state index contributed by atoms with van der Waals surface area (Å²) in [7, 11) is -1.10. The maximum atomic E-state index is 8.49. The molecule has 2 heterocycles. The molecule has 0 radical (unpaired) electrons. The molecular weight excluding hydrogens is 254 g/mol. The number of nitrogens with two attached hydrogens (primary N) is 1. The summed E-state index contributed by atoms with van der Waals surface area (Å²) in [5.41, 5.74) is 7.41. The molecule has 0 aromatic carbocycles. The van der Waals surface area contributed by atoms with Gasteiger partial charge in [-0.3, -0.25) is 4.57 Å². The van der Waals surface area contributed by atoms with Gasteiger partial charge in [-0.2, -0.15) is 4.98 Å². The number of hydrogen-bond acceptors (Lipinski definition) is 7. The highest BCUT2D eigenvalue weighted by Crippen LogP contribution is 2.11. The van der Waals surface area contributed by atoms with E-state index in [-0.39, 0.29) is 0 Å². The average molecular weight is 264 g/mol. The second-order valence-corrected chi connectivity index (χ2v) is 3.90. The van der Waals surface area contributed by atoms with Crippen LogP contribution in [0.5, 0.6) is 0 Å². The van der Waals surface area contributed by atoms with Crippen molar-refractivity contribution in [2.45, 2.75) is 0 Å². The van der Waals surface area contributed by atoms with Gasteiger partial charge in [0.1, 0.15) is 0 Å². The van der Waals surface area contributed by atoms with Crippen LogP contribution in [0, 0.1) is 10.2 Å². The van der Waals surface area contributed by atoms with E-state index in [1.807, 2.05) is 29.6 Å². The van der Waals surface area contributed by atoms with Gasteiger partial charge in [-0.25, -0.2) is 23.2 Å². The molecule has 0 aliphatic heterocycles. The van der Waals surface area contributed by atoms with E-state index in [1.54, 1.807) is 0 Å². The summed E-state index contributed by atoms with van der Waals surface area (Å²) >= 11 is 0. The Hall–Kier alpha value is -1.52. The second-order valence-electron chi connectivity index (χ2n) is 3.15. The van der Waals surface area contributed by atoms with Gasteiger partial charge in [-0.05, 0) is 0 Å². The summed E-state index contributed by atoms with van der Waals surface area (Å²) in [4.78, 5) is 8.03. The molecule has 2 rings (SSSR count). The van der Waals surface area contributed by atoms with E-state index in [0.29, 0.717) is 5.82 Å². The lowest BCUT2D eigenvalue weighted by Gasteiger charge is -2.17. The van der Waals surface area contributed by atoms with Crippen molar-refractivity contribution in [3.63, 3.8) is 0 Å². The number of aromatic nitrogens is 4. The first-order valence-corrected chi connectivity index (χ1v) is 5.46. The molecule has 0 aliphatic rings. The third-order valence-corrected chi connectivity index (χ3v) is 1.86. The van der Waals surface area contributed by atoms with Crippen LogP contribution in [0.1, 0.15) is 0 Å². The quantitative estimate of drug-likeness (QED) is 0.465. The number of anilines is 1. The summed E-state index contributed by atoms with van der Waals surface area (Å²) in [6.45, 7) is 0. The van der Waals surface area contributed by atoms with E-state index in [1.165, 1.54) is 6.33 Å². The van der Waals surface area contributed by atoms with Crippen LogP contribution in [-0.4, -0.2) is 14.5 Å². The van der Waals surface area contributed by atoms with Crippen molar-refractivity contribution in [1.29, 1.82) is 0 Å². The fourth-order valence-electron chi connectivity index (χ4n) is 1.35. The Balaban J connectivity index is 0.000000249. The van der Waals surface area contributed by atoms with E-state index in [4.69, 9.17) is 24.4 Å². The number of nitrogen functional groups attached to an aromatic ring is 1. The van der Waals surface area contributed by atoms with Gasteiger partial charge in [0.25, 0.3) is 0 Å². The molecule has 0 amide bonds. The van der Waals surface area contributed by atoms with Gasteiger partial charge in [-0.15, -0.1) is 10.2 Å². The van der Waals surface area contributed by atoms with Gasteiger partial charge in [0.2, 0.25) is 5.52 Å². The van der Waals surface area contributed by atoms with Gasteiger partial charge in [0.15, 0.2) is 18.5 Å². The lowest BCUT2D eigenvalue weighted by Crippen LogP contribution is -2.68. The lowest BCUT2D eigenvalue weighted by atomic mass is 10.5. The van der Waals surface area contributed by atoms with Crippen molar-refractivity contribution in [3.8, 4) is 0 Å². The first kappa shape index (κ1) is 13.5. The molecule has 0 spiro atoms. The molecule has 2 aromatic rings. The SMILES string of the molecule is Cn1c[n+](C)c2ncnc(N)c21.[O-][Cl+3]([O-])([O-])[O-]. The topological polar surface area (TPSA) is 153 Å². The third-order valence-electron chi connectivity index (χ3n) is 1.86. The van der Waals surface area contributed by atoms with Crippen LogP contribution in [0.4, 0.5) is 5.82 Å². The van der Waals surface area contributed by atoms with E-state index >= 15 is 0 Å². The van der Waals surface area contributed by atoms with Gasteiger partial charge in [0.05, 0.1) is 14.1 Å². The van der Waals surface area contributed by atoms with Crippen LogP contribution in [0.15, 0.2) is 12.7 Å². The Kier molecular flexibility index (Phi) is 3.80. The fraction of sp³-hybridized carbons (Fsp3) is 0.286. The van der Waals surface area contributed by atoms with Gasteiger partial charge in [-0.1, -0.05) is 4.98 Å². The highest BCUT2D eigenvalue weighted by molar-refractivity contribution is 5.78. The van der Waals surface area contributed by atoms with Crippen molar-refractivity contribution >= 4 is 17.0 Å². The van der Waals surface area contributed by atoms with E-state index < -0.39 is 10.2 Å². The summed E-state index contributed by atoms with van der Waals surface area (Å²) in [6, 6.07) is 0. The molecule has 0 fully saturated rings. The Morgan fingerprint density at radius 2 is 1.82 bits per heavy atom. The Labute approximate surface area is 98.1 Å². The highest BCUT2D eigenvalue weighted by Gasteiger charge is 2.14. The maximum Gasteiger partial charge on any atom is 0.307 e. The number of fused-ring (bicyclic) bond motifs is 1.